The van der Waals surface area contributed by atoms with Gasteiger partial charge in [0.15, 0.2) is 0 Å². The Kier molecular flexibility index (Phi) is 3.51. The van der Waals surface area contributed by atoms with Crippen molar-refractivity contribution >= 4 is 32.8 Å². The number of aryl methyl sites for hydroxylation is 1. The molecule has 0 radical (unpaired) electrons. The van der Waals surface area contributed by atoms with Crippen LogP contribution in [0.2, 0.25) is 0 Å². The minimum Gasteiger partial charge on any atom is -0.293 e. The molecule has 0 aliphatic carbocycles. The Balaban J connectivity index is 1.56. The van der Waals surface area contributed by atoms with Crippen LogP contribution in [0.4, 0.5) is 0 Å². The van der Waals surface area contributed by atoms with Gasteiger partial charge in [-0.1, -0.05) is 36.4 Å². The normalized spacial score (nSPS) is 15.0. The van der Waals surface area contributed by atoms with Crippen LogP contribution in [0.3, 0.4) is 0 Å². The van der Waals surface area contributed by atoms with Crippen LogP contribution in [0.1, 0.15) is 27.5 Å². The molecule has 0 bridgehead atoms. The average Bonchev–Trinajstić information content (AvgIpc) is 3.22. The van der Waals surface area contributed by atoms with Gasteiger partial charge in [-0.15, -0.1) is 0 Å². The number of pyridine rings is 2. The molecule has 0 aliphatic heterocycles. The summed E-state index contributed by atoms with van der Waals surface area (Å²) in [6, 6.07) is 22.7. The van der Waals surface area contributed by atoms with Crippen molar-refractivity contribution in [2.75, 3.05) is 0 Å². The van der Waals surface area contributed by atoms with E-state index in [0.717, 1.165) is 22.0 Å². The highest BCUT2D eigenvalue weighted by Crippen LogP contribution is 2.31. The number of imidazole rings is 1. The first-order valence-electron chi connectivity index (χ1n) is 14.2. The van der Waals surface area contributed by atoms with Crippen LogP contribution in [0, 0.1) is 11.3 Å². The molecule has 3 aromatic carbocycles. The largest absolute Gasteiger partial charge is 0.333 e. The smallest absolute Gasteiger partial charge is 0.293 e. The summed E-state index contributed by atoms with van der Waals surface area (Å²) in [5.41, 5.74) is 1.54. The third-order valence-electron chi connectivity index (χ3n) is 6.53. The van der Waals surface area contributed by atoms with Gasteiger partial charge in [-0.25, -0.2) is 4.79 Å². The molecule has 6 aromatic rings. The number of benzene rings is 3. The highest BCUT2D eigenvalue weighted by atomic mass is 16.1. The highest BCUT2D eigenvalue weighted by Gasteiger charge is 2.21. The molecular weight excluding hydrogens is 446 g/mol. The van der Waals surface area contributed by atoms with E-state index in [-0.39, 0.29) is 11.3 Å². The van der Waals surface area contributed by atoms with Crippen LogP contribution in [0.25, 0.3) is 49.7 Å². The molecule has 0 saturated heterocycles. The molecule has 0 atom stereocenters. The predicted molar refractivity (Wildman–Crippen MR) is 143 cm³/mol. The second kappa shape index (κ2) is 7.89. The van der Waals surface area contributed by atoms with E-state index < -0.39 is 19.1 Å². The Labute approximate surface area is 216 Å². The average molecular weight is 476 g/mol. The number of fused-ring (bicyclic) bond motifs is 4. The molecule has 6 nitrogen and oxygen atoms in total. The van der Waals surface area contributed by atoms with Crippen LogP contribution in [0.15, 0.2) is 90.0 Å². The van der Waals surface area contributed by atoms with Crippen molar-refractivity contribution < 1.29 is 8.22 Å². The first-order valence-corrected chi connectivity index (χ1v) is 11.2. The standard InChI is InChI=1S/C30H23N5O/c1-30(2,18-31)22-9-11-23(12-10-22)35-28-24-15-19(21-14-20-6-4-5-7-25(20)32-16-21)8-13-26(24)33-17-27(28)34(3)29(35)36/h4-17H,1-3H3/i1D3,2D3. The molecule has 0 unspecified atom stereocenters. The number of nitriles is 1. The van der Waals surface area contributed by atoms with Crippen molar-refractivity contribution in [3.8, 4) is 22.9 Å². The van der Waals surface area contributed by atoms with E-state index in [2.05, 4.69) is 9.97 Å². The molecular formula is C30H23N5O. The van der Waals surface area contributed by atoms with Crippen LogP contribution in [-0.2, 0) is 12.5 Å². The molecule has 6 rings (SSSR count). The lowest BCUT2D eigenvalue weighted by Crippen LogP contribution is -2.21. The zero-order valence-electron chi connectivity index (χ0n) is 25.2. The molecule has 6 heteroatoms. The van der Waals surface area contributed by atoms with Gasteiger partial charge >= 0.3 is 5.69 Å². The van der Waals surface area contributed by atoms with Crippen molar-refractivity contribution in [3.63, 3.8) is 0 Å². The molecule has 0 fully saturated rings. The maximum Gasteiger partial charge on any atom is 0.333 e. The molecule has 0 amide bonds. The predicted octanol–water partition coefficient (Wildman–Crippen LogP) is 5.89. The number of aromatic nitrogens is 4. The lowest BCUT2D eigenvalue weighted by Gasteiger charge is -2.16. The van der Waals surface area contributed by atoms with E-state index >= 15 is 0 Å². The number of nitrogens with zero attached hydrogens (tertiary/aromatic N) is 5. The summed E-state index contributed by atoms with van der Waals surface area (Å²) in [4.78, 5) is 22.7. The maximum atomic E-state index is 13.5. The molecule has 174 valence electrons. The first-order chi connectivity index (χ1) is 19.9. The van der Waals surface area contributed by atoms with E-state index in [1.807, 2.05) is 48.5 Å². The van der Waals surface area contributed by atoms with Gasteiger partial charge < -0.3 is 0 Å². The van der Waals surface area contributed by atoms with Crippen LogP contribution in [-0.4, -0.2) is 19.1 Å². The minimum absolute atomic E-state index is 0.181. The molecule has 3 aromatic heterocycles. The molecule has 0 saturated carbocycles. The van der Waals surface area contributed by atoms with Crippen molar-refractivity contribution in [2.24, 2.45) is 7.05 Å². The van der Waals surface area contributed by atoms with E-state index in [4.69, 9.17) is 8.22 Å². The van der Waals surface area contributed by atoms with Gasteiger partial charge in [0.2, 0.25) is 0 Å². The summed E-state index contributed by atoms with van der Waals surface area (Å²) in [5, 5.41) is 11.5. The monoisotopic (exact) mass is 475 g/mol. The van der Waals surface area contributed by atoms with Crippen LogP contribution in [0.5, 0.6) is 0 Å². The van der Waals surface area contributed by atoms with Crippen LogP contribution < -0.4 is 5.69 Å². The number of hydrogen-bond donors (Lipinski definition) is 0. The van der Waals surface area contributed by atoms with Crippen molar-refractivity contribution in [3.05, 3.63) is 101 Å². The van der Waals surface area contributed by atoms with Gasteiger partial charge in [0.05, 0.1) is 45.4 Å². The summed E-state index contributed by atoms with van der Waals surface area (Å²) >= 11 is 0. The number of rotatable bonds is 3. The van der Waals surface area contributed by atoms with Crippen molar-refractivity contribution in [1.29, 1.82) is 5.26 Å². The van der Waals surface area contributed by atoms with Gasteiger partial charge in [0, 0.05) is 37.8 Å². The van der Waals surface area contributed by atoms with E-state index in [0.29, 0.717) is 27.6 Å². The molecule has 0 spiro atoms. The SMILES string of the molecule is [2H]C([2H])([2H])C(C#N)(c1ccc(-n2c(=O)n(C)c3cnc4ccc(-c5cnc6ccccc6c5)cc4c32)cc1)C([2H])([2H])[2H]. The molecule has 0 aliphatic rings. The minimum atomic E-state index is -3.12. The summed E-state index contributed by atoms with van der Waals surface area (Å²) in [6.45, 7) is -6.25. The van der Waals surface area contributed by atoms with Gasteiger partial charge in [0.1, 0.15) is 0 Å². The molecule has 36 heavy (non-hydrogen) atoms. The fourth-order valence-corrected chi connectivity index (χ4v) is 4.57. The lowest BCUT2D eigenvalue weighted by atomic mass is 9.86. The summed E-state index contributed by atoms with van der Waals surface area (Å²) in [5.74, 6) is 0. The molecule has 3 heterocycles. The Morgan fingerprint density at radius 3 is 2.47 bits per heavy atom. The zero-order valence-corrected chi connectivity index (χ0v) is 19.2. The van der Waals surface area contributed by atoms with Gasteiger partial charge in [-0.05, 0) is 61.2 Å². The van der Waals surface area contributed by atoms with E-state index in [9.17, 15) is 10.1 Å². The highest BCUT2D eigenvalue weighted by molar-refractivity contribution is 6.04. The fourth-order valence-electron chi connectivity index (χ4n) is 4.57. The van der Waals surface area contributed by atoms with E-state index in [1.165, 1.54) is 33.4 Å². The summed E-state index contributed by atoms with van der Waals surface area (Å²) in [7, 11) is 1.63. The number of hydrogen-bond acceptors (Lipinski definition) is 4. The van der Waals surface area contributed by atoms with Gasteiger partial charge in [-0.2, -0.15) is 5.26 Å². The Hall–Kier alpha value is -4.76. The number of para-hydroxylation sites is 1. The Morgan fingerprint density at radius 1 is 0.917 bits per heavy atom. The summed E-state index contributed by atoms with van der Waals surface area (Å²) in [6.07, 6.45) is 3.41. The fraction of sp³-hybridized carbons (Fsp3) is 0.133. The Bertz CT molecular complexity index is 2100. The third kappa shape index (κ3) is 3.29. The quantitative estimate of drug-likeness (QED) is 0.320. The topological polar surface area (TPSA) is 76.5 Å². The lowest BCUT2D eigenvalue weighted by molar-refractivity contribution is 0.686. The second-order valence-electron chi connectivity index (χ2n) is 8.73. The van der Waals surface area contributed by atoms with Crippen molar-refractivity contribution in [1.82, 2.24) is 19.1 Å². The summed E-state index contributed by atoms with van der Waals surface area (Å²) < 4.78 is 50.3. The maximum absolute atomic E-state index is 13.5. The van der Waals surface area contributed by atoms with Crippen LogP contribution >= 0.6 is 0 Å². The van der Waals surface area contributed by atoms with Gasteiger partial charge in [0.25, 0.3) is 0 Å². The third-order valence-corrected chi connectivity index (χ3v) is 6.53. The zero-order chi connectivity index (χ0) is 30.0. The van der Waals surface area contributed by atoms with E-state index in [1.54, 1.807) is 25.5 Å². The molecule has 0 N–H and O–H groups in total. The van der Waals surface area contributed by atoms with Crippen molar-refractivity contribution in [2.45, 2.75) is 19.1 Å². The Morgan fingerprint density at radius 2 is 1.69 bits per heavy atom. The van der Waals surface area contributed by atoms with Gasteiger partial charge in [-0.3, -0.25) is 19.1 Å². The second-order valence-corrected chi connectivity index (χ2v) is 8.73. The first kappa shape index (κ1) is 16.0.